The summed E-state index contributed by atoms with van der Waals surface area (Å²) < 4.78 is 49.4. The molecule has 1 aromatic carbocycles. The summed E-state index contributed by atoms with van der Waals surface area (Å²) in [5.74, 6) is 0.0350. The molecule has 0 spiro atoms. The number of hydrogen-bond acceptors (Lipinski definition) is 5. The van der Waals surface area contributed by atoms with Crippen molar-refractivity contribution in [2.75, 3.05) is 11.5 Å². The Bertz CT molecular complexity index is 650. The van der Waals surface area contributed by atoms with E-state index in [1.807, 2.05) is 0 Å². The molecule has 0 radical (unpaired) electrons. The van der Waals surface area contributed by atoms with E-state index in [1.165, 1.54) is 12.1 Å². The second-order valence-corrected chi connectivity index (χ2v) is 8.87. The molecule has 1 aromatic rings. The maximum atomic E-state index is 12.1. The van der Waals surface area contributed by atoms with E-state index in [2.05, 4.69) is 4.72 Å². The van der Waals surface area contributed by atoms with E-state index < -0.39 is 19.9 Å². The highest BCUT2D eigenvalue weighted by molar-refractivity contribution is 7.91. The molecule has 0 atom stereocenters. The molecule has 0 aromatic heterocycles. The number of hydrogen-bond donors (Lipinski definition) is 2. The topological polar surface area (TPSA) is 101 Å². The molecule has 1 aliphatic heterocycles. The Balaban J connectivity index is 2.07. The summed E-state index contributed by atoms with van der Waals surface area (Å²) in [7, 11) is -6.66. The van der Waals surface area contributed by atoms with Crippen LogP contribution in [0.3, 0.4) is 0 Å². The molecule has 6 nitrogen and oxygen atoms in total. The van der Waals surface area contributed by atoms with Crippen LogP contribution in [0.5, 0.6) is 0 Å². The minimum atomic E-state index is -3.65. The van der Waals surface area contributed by atoms with Crippen LogP contribution in [0.4, 0.5) is 0 Å². The molecule has 1 aliphatic rings. The van der Waals surface area contributed by atoms with Crippen LogP contribution in [-0.4, -0.2) is 39.5 Å². The summed E-state index contributed by atoms with van der Waals surface area (Å²) in [6.45, 7) is -0.145. The highest BCUT2D eigenvalue weighted by atomic mass is 32.2. The van der Waals surface area contributed by atoms with Crippen molar-refractivity contribution in [2.45, 2.75) is 30.4 Å². The molecule has 112 valence electrons. The van der Waals surface area contributed by atoms with Gasteiger partial charge in [-0.1, -0.05) is 12.1 Å². The summed E-state index contributed by atoms with van der Waals surface area (Å²) >= 11 is 0. The van der Waals surface area contributed by atoms with Crippen molar-refractivity contribution in [3.05, 3.63) is 29.8 Å². The molecular weight excluding hydrogens is 302 g/mol. The van der Waals surface area contributed by atoms with Gasteiger partial charge in [0.05, 0.1) is 23.0 Å². The van der Waals surface area contributed by atoms with Gasteiger partial charge < -0.3 is 5.11 Å². The number of sulfone groups is 1. The van der Waals surface area contributed by atoms with Gasteiger partial charge in [-0.25, -0.2) is 21.6 Å². The molecule has 0 saturated carbocycles. The normalized spacial score (nSPS) is 19.9. The average molecular weight is 319 g/mol. The van der Waals surface area contributed by atoms with Crippen molar-refractivity contribution in [3.63, 3.8) is 0 Å². The van der Waals surface area contributed by atoms with Crippen molar-refractivity contribution in [3.8, 4) is 0 Å². The summed E-state index contributed by atoms with van der Waals surface area (Å²) in [6, 6.07) is 5.58. The molecule has 0 amide bonds. The van der Waals surface area contributed by atoms with Gasteiger partial charge in [0.2, 0.25) is 10.0 Å². The fourth-order valence-corrected chi connectivity index (χ4v) is 4.87. The second kappa shape index (κ2) is 5.80. The zero-order valence-corrected chi connectivity index (χ0v) is 12.5. The van der Waals surface area contributed by atoms with Gasteiger partial charge in [0.25, 0.3) is 0 Å². The maximum absolute atomic E-state index is 12.1. The zero-order chi connectivity index (χ0) is 14.8. The Morgan fingerprint density at radius 3 is 2.20 bits per heavy atom. The third-order valence-corrected chi connectivity index (χ3v) is 6.54. The second-order valence-electron chi connectivity index (χ2n) is 4.85. The number of aliphatic hydroxyl groups excluding tert-OH is 1. The number of sulfonamides is 1. The Kier molecular flexibility index (Phi) is 4.48. The Hall–Kier alpha value is -0.960. The van der Waals surface area contributed by atoms with Crippen molar-refractivity contribution < 1.29 is 21.9 Å². The van der Waals surface area contributed by atoms with E-state index in [9.17, 15) is 16.8 Å². The fourth-order valence-electron chi connectivity index (χ4n) is 2.07. The van der Waals surface area contributed by atoms with Gasteiger partial charge in [0, 0.05) is 6.04 Å². The molecule has 2 rings (SSSR count). The lowest BCUT2D eigenvalue weighted by molar-refractivity contribution is 0.282. The van der Waals surface area contributed by atoms with Crippen molar-refractivity contribution >= 4 is 19.9 Å². The van der Waals surface area contributed by atoms with Crippen LogP contribution < -0.4 is 4.72 Å². The van der Waals surface area contributed by atoms with E-state index in [-0.39, 0.29) is 29.0 Å². The molecule has 1 fully saturated rings. The lowest BCUT2D eigenvalue weighted by atomic mass is 10.2. The largest absolute Gasteiger partial charge is 0.392 e. The molecule has 0 unspecified atom stereocenters. The van der Waals surface area contributed by atoms with Crippen LogP contribution in [0.1, 0.15) is 18.4 Å². The van der Waals surface area contributed by atoms with E-state index >= 15 is 0 Å². The molecule has 2 N–H and O–H groups in total. The van der Waals surface area contributed by atoms with Crippen molar-refractivity contribution in [1.82, 2.24) is 4.72 Å². The van der Waals surface area contributed by atoms with Crippen LogP contribution in [0, 0.1) is 0 Å². The summed E-state index contributed by atoms with van der Waals surface area (Å²) in [5.41, 5.74) is 0.632. The van der Waals surface area contributed by atoms with Gasteiger partial charge >= 0.3 is 0 Å². The zero-order valence-electron chi connectivity index (χ0n) is 10.8. The Morgan fingerprint density at radius 2 is 1.70 bits per heavy atom. The Morgan fingerprint density at radius 1 is 1.15 bits per heavy atom. The van der Waals surface area contributed by atoms with E-state index in [1.54, 1.807) is 12.1 Å². The van der Waals surface area contributed by atoms with Crippen LogP contribution in [0.15, 0.2) is 29.2 Å². The van der Waals surface area contributed by atoms with Gasteiger partial charge in [-0.15, -0.1) is 0 Å². The third-order valence-electron chi connectivity index (χ3n) is 3.29. The van der Waals surface area contributed by atoms with Gasteiger partial charge in [-0.3, -0.25) is 0 Å². The van der Waals surface area contributed by atoms with E-state index in [0.717, 1.165) is 0 Å². The molecular formula is C12H17NO5S2. The first kappa shape index (κ1) is 15.4. The third kappa shape index (κ3) is 3.78. The molecule has 0 aliphatic carbocycles. The number of nitrogens with one attached hydrogen (secondary N) is 1. The van der Waals surface area contributed by atoms with E-state index in [0.29, 0.717) is 18.4 Å². The predicted octanol–water partition coefficient (Wildman–Crippen LogP) is 0.0344. The summed E-state index contributed by atoms with van der Waals surface area (Å²) in [4.78, 5) is 0.114. The fraction of sp³-hybridized carbons (Fsp3) is 0.500. The molecule has 20 heavy (non-hydrogen) atoms. The van der Waals surface area contributed by atoms with Crippen molar-refractivity contribution in [1.29, 1.82) is 0 Å². The minimum Gasteiger partial charge on any atom is -0.392 e. The molecule has 0 bridgehead atoms. The lowest BCUT2D eigenvalue weighted by Gasteiger charge is -2.22. The first-order valence-corrected chi connectivity index (χ1v) is 9.55. The van der Waals surface area contributed by atoms with Crippen LogP contribution in [0.2, 0.25) is 0 Å². The molecule has 8 heteroatoms. The van der Waals surface area contributed by atoms with Gasteiger partial charge in [0.15, 0.2) is 0 Å². The lowest BCUT2D eigenvalue weighted by Crippen LogP contribution is -2.40. The SMILES string of the molecule is O=S1(=O)CCC(NS(=O)(=O)c2ccc(CO)cc2)CC1. The first-order valence-electron chi connectivity index (χ1n) is 6.25. The predicted molar refractivity (Wildman–Crippen MR) is 74.4 cm³/mol. The van der Waals surface area contributed by atoms with Gasteiger partial charge in [0.1, 0.15) is 9.84 Å². The quantitative estimate of drug-likeness (QED) is 0.816. The maximum Gasteiger partial charge on any atom is 0.240 e. The number of rotatable bonds is 4. The highest BCUT2D eigenvalue weighted by Crippen LogP contribution is 2.16. The highest BCUT2D eigenvalue weighted by Gasteiger charge is 2.27. The van der Waals surface area contributed by atoms with Gasteiger partial charge in [-0.2, -0.15) is 0 Å². The number of aliphatic hydroxyl groups is 1. The summed E-state index contributed by atoms with van der Waals surface area (Å²) in [6.07, 6.45) is 0.604. The smallest absolute Gasteiger partial charge is 0.240 e. The van der Waals surface area contributed by atoms with Crippen molar-refractivity contribution in [2.24, 2.45) is 0 Å². The number of benzene rings is 1. The Labute approximate surface area is 118 Å². The standard InChI is InChI=1S/C12H17NO5S2/c14-9-10-1-3-12(4-2-10)20(17,18)13-11-5-7-19(15,16)8-6-11/h1-4,11,13-14H,5-9H2. The first-order chi connectivity index (χ1) is 9.32. The van der Waals surface area contributed by atoms with E-state index in [4.69, 9.17) is 5.11 Å². The summed E-state index contributed by atoms with van der Waals surface area (Å²) in [5, 5.41) is 8.92. The van der Waals surface area contributed by atoms with Crippen LogP contribution >= 0.6 is 0 Å². The average Bonchev–Trinajstić information content (AvgIpc) is 2.41. The minimum absolute atomic E-state index is 0.0175. The molecule has 1 heterocycles. The van der Waals surface area contributed by atoms with Crippen LogP contribution in [-0.2, 0) is 26.5 Å². The van der Waals surface area contributed by atoms with Gasteiger partial charge in [-0.05, 0) is 30.5 Å². The monoisotopic (exact) mass is 319 g/mol. The van der Waals surface area contributed by atoms with Crippen LogP contribution in [0.25, 0.3) is 0 Å². The molecule has 1 saturated heterocycles.